The van der Waals surface area contributed by atoms with Gasteiger partial charge in [0.25, 0.3) is 0 Å². The van der Waals surface area contributed by atoms with E-state index in [0.717, 1.165) is 30.4 Å². The predicted octanol–water partition coefficient (Wildman–Crippen LogP) is 4.61. The van der Waals surface area contributed by atoms with Gasteiger partial charge in [-0.1, -0.05) is 24.3 Å². The van der Waals surface area contributed by atoms with Gasteiger partial charge in [-0.3, -0.25) is 4.79 Å². The van der Waals surface area contributed by atoms with Crippen LogP contribution in [0.5, 0.6) is 0 Å². The van der Waals surface area contributed by atoms with Gasteiger partial charge in [-0.05, 0) is 60.6 Å². The van der Waals surface area contributed by atoms with Crippen LogP contribution < -0.4 is 0 Å². The molecular weight excluding hydrogens is 438 g/mol. The number of ketones is 1. The smallest absolute Gasteiger partial charge is 0.320 e. The van der Waals surface area contributed by atoms with Gasteiger partial charge in [-0.2, -0.15) is 0 Å². The number of piperidine rings is 2. The number of carbonyl (C=O) groups is 2. The topological polar surface area (TPSA) is 49.9 Å². The second-order valence-electron chi connectivity index (χ2n) is 9.77. The molecule has 2 aromatic carbocycles. The minimum atomic E-state index is -0.282. The molecule has 0 aromatic heterocycles. The van der Waals surface area contributed by atoms with Crippen molar-refractivity contribution in [3.63, 3.8) is 0 Å². The van der Waals surface area contributed by atoms with Crippen molar-refractivity contribution in [2.24, 2.45) is 11.8 Å². The highest BCUT2D eigenvalue weighted by Crippen LogP contribution is 2.38. The third-order valence-electron chi connectivity index (χ3n) is 7.62. The summed E-state index contributed by atoms with van der Waals surface area (Å²) in [5.74, 6) is -0.0804. The number of hydrogen-bond donors (Lipinski definition) is 0. The molecule has 3 saturated heterocycles. The lowest BCUT2D eigenvalue weighted by atomic mass is 9.76. The summed E-state index contributed by atoms with van der Waals surface area (Å²) in [5.41, 5.74) is 2.00. The van der Waals surface area contributed by atoms with Gasteiger partial charge in [-0.25, -0.2) is 13.6 Å². The average molecular weight is 469 g/mol. The van der Waals surface area contributed by atoms with Gasteiger partial charge >= 0.3 is 6.03 Å². The van der Waals surface area contributed by atoms with E-state index in [1.807, 2.05) is 9.80 Å². The normalized spacial score (nSPS) is 23.8. The number of benzene rings is 2. The molecule has 180 valence electrons. The molecule has 0 saturated carbocycles. The zero-order valence-corrected chi connectivity index (χ0v) is 19.2. The van der Waals surface area contributed by atoms with Crippen LogP contribution in [0.4, 0.5) is 13.6 Å². The molecule has 3 aliphatic heterocycles. The van der Waals surface area contributed by atoms with Crippen molar-refractivity contribution in [2.45, 2.75) is 37.7 Å². The van der Waals surface area contributed by atoms with Crippen LogP contribution in [0.2, 0.25) is 0 Å². The van der Waals surface area contributed by atoms with Crippen molar-refractivity contribution in [1.82, 2.24) is 9.80 Å². The molecule has 5 rings (SSSR count). The van der Waals surface area contributed by atoms with Crippen LogP contribution in [0.15, 0.2) is 48.5 Å². The molecule has 0 radical (unpaired) electrons. The maximum Gasteiger partial charge on any atom is 0.320 e. The Morgan fingerprint density at radius 2 is 1.41 bits per heavy atom. The van der Waals surface area contributed by atoms with E-state index in [4.69, 9.17) is 4.74 Å². The van der Waals surface area contributed by atoms with Crippen molar-refractivity contribution in [3.8, 4) is 0 Å². The molecular formula is C27H30F2N2O3. The van der Waals surface area contributed by atoms with E-state index in [-0.39, 0.29) is 53.9 Å². The van der Waals surface area contributed by atoms with Gasteiger partial charge in [0.1, 0.15) is 18.2 Å². The highest BCUT2D eigenvalue weighted by molar-refractivity contribution is 5.81. The van der Waals surface area contributed by atoms with E-state index in [1.54, 1.807) is 24.3 Å². The Kier molecular flexibility index (Phi) is 6.63. The van der Waals surface area contributed by atoms with Crippen molar-refractivity contribution >= 4 is 11.8 Å². The van der Waals surface area contributed by atoms with Gasteiger partial charge < -0.3 is 14.5 Å². The first-order valence-corrected chi connectivity index (χ1v) is 12.2. The first-order valence-electron chi connectivity index (χ1n) is 12.2. The van der Waals surface area contributed by atoms with E-state index in [2.05, 4.69) is 0 Å². The van der Waals surface area contributed by atoms with Crippen LogP contribution in [0, 0.1) is 23.5 Å². The largest absolute Gasteiger partial charge is 0.370 e. The number of nitrogens with zero attached hydrogens (tertiary/aromatic N) is 2. The minimum absolute atomic E-state index is 0.0135. The number of rotatable bonds is 3. The van der Waals surface area contributed by atoms with Crippen molar-refractivity contribution in [1.29, 1.82) is 0 Å². The summed E-state index contributed by atoms with van der Waals surface area (Å²) < 4.78 is 32.8. The van der Waals surface area contributed by atoms with Gasteiger partial charge in [0.15, 0.2) is 5.78 Å². The first kappa shape index (κ1) is 23.0. The number of hydrogen-bond acceptors (Lipinski definition) is 3. The van der Waals surface area contributed by atoms with Crippen LogP contribution in [0.25, 0.3) is 0 Å². The third kappa shape index (κ3) is 4.85. The number of likely N-dealkylation sites (tertiary alicyclic amines) is 2. The van der Waals surface area contributed by atoms with Crippen molar-refractivity contribution < 1.29 is 23.1 Å². The maximum atomic E-state index is 13.6. The van der Waals surface area contributed by atoms with E-state index >= 15 is 0 Å². The lowest BCUT2D eigenvalue weighted by molar-refractivity contribution is -0.140. The lowest BCUT2D eigenvalue weighted by Gasteiger charge is -2.43. The molecule has 5 nitrogen and oxygen atoms in total. The molecule has 0 aliphatic carbocycles. The fourth-order valence-corrected chi connectivity index (χ4v) is 5.85. The zero-order valence-electron chi connectivity index (χ0n) is 19.2. The van der Waals surface area contributed by atoms with Crippen LogP contribution in [0.1, 0.15) is 42.7 Å². The van der Waals surface area contributed by atoms with Gasteiger partial charge in [0.05, 0.1) is 6.10 Å². The van der Waals surface area contributed by atoms with Crippen LogP contribution in [-0.2, 0) is 9.53 Å². The quantitative estimate of drug-likeness (QED) is 0.661. The maximum absolute atomic E-state index is 13.6. The SMILES string of the molecule is O=C1CO[C@H]2CCN(C(=O)N3CCC(C(c4ccc(F)cc4)c4ccc(F)cc4)CC3)C[C@H]2C1. The summed E-state index contributed by atoms with van der Waals surface area (Å²) >= 11 is 0. The molecule has 3 aliphatic rings. The average Bonchev–Trinajstić information content (AvgIpc) is 2.86. The second kappa shape index (κ2) is 9.82. The Labute approximate surface area is 198 Å². The molecule has 2 aromatic rings. The fraction of sp³-hybridized carbons (Fsp3) is 0.481. The second-order valence-corrected chi connectivity index (χ2v) is 9.77. The zero-order chi connectivity index (χ0) is 23.7. The van der Waals surface area contributed by atoms with Gasteiger partial charge in [-0.15, -0.1) is 0 Å². The number of urea groups is 1. The van der Waals surface area contributed by atoms with E-state index < -0.39 is 0 Å². The van der Waals surface area contributed by atoms with Crippen LogP contribution in [0.3, 0.4) is 0 Å². The molecule has 2 atom stereocenters. The van der Waals surface area contributed by atoms with E-state index in [0.29, 0.717) is 32.6 Å². The highest BCUT2D eigenvalue weighted by atomic mass is 19.1. The predicted molar refractivity (Wildman–Crippen MR) is 123 cm³/mol. The Balaban J connectivity index is 1.26. The standard InChI is InChI=1S/C27H30F2N2O3/c28-22-5-1-18(2-6-22)26(19-3-7-23(29)8-4-19)20-9-12-30(13-10-20)27(33)31-14-11-25-21(16-31)15-24(32)17-34-25/h1-8,20-21,25-26H,9-17H2/t21-,25+/m1/s1. The van der Waals surface area contributed by atoms with Crippen LogP contribution in [-0.4, -0.2) is 60.5 Å². The summed E-state index contributed by atoms with van der Waals surface area (Å²) in [6.45, 7) is 2.71. The Bertz CT molecular complexity index is 974. The Hall–Kier alpha value is -2.80. The highest BCUT2D eigenvalue weighted by Gasteiger charge is 2.39. The molecule has 0 spiro atoms. The number of Topliss-reactive ketones (excluding diaryl/α,β-unsaturated/α-hetero) is 1. The summed E-state index contributed by atoms with van der Waals surface area (Å²) in [6.07, 6.45) is 2.98. The van der Waals surface area contributed by atoms with Crippen molar-refractivity contribution in [3.05, 3.63) is 71.3 Å². The number of carbonyl (C=O) groups excluding carboxylic acids is 2. The molecule has 34 heavy (non-hydrogen) atoms. The molecule has 0 bridgehead atoms. The summed E-state index contributed by atoms with van der Waals surface area (Å²) in [7, 11) is 0. The molecule has 3 fully saturated rings. The molecule has 0 unspecified atom stereocenters. The third-order valence-corrected chi connectivity index (χ3v) is 7.62. The number of halogens is 2. The Morgan fingerprint density at radius 1 is 0.853 bits per heavy atom. The Morgan fingerprint density at radius 3 is 2.00 bits per heavy atom. The summed E-state index contributed by atoms with van der Waals surface area (Å²) in [6, 6.07) is 13.1. The van der Waals surface area contributed by atoms with Crippen molar-refractivity contribution in [2.75, 3.05) is 32.8 Å². The monoisotopic (exact) mass is 468 g/mol. The van der Waals surface area contributed by atoms with Gasteiger partial charge in [0, 0.05) is 44.4 Å². The molecule has 2 amide bonds. The van der Waals surface area contributed by atoms with Crippen LogP contribution >= 0.6 is 0 Å². The fourth-order valence-electron chi connectivity index (χ4n) is 5.85. The van der Waals surface area contributed by atoms with E-state index in [1.165, 1.54) is 24.3 Å². The number of ether oxygens (including phenoxy) is 1. The molecule has 0 N–H and O–H groups in total. The molecule has 7 heteroatoms. The first-order chi connectivity index (χ1) is 16.5. The summed E-state index contributed by atoms with van der Waals surface area (Å²) in [5, 5.41) is 0. The minimum Gasteiger partial charge on any atom is -0.370 e. The van der Waals surface area contributed by atoms with Gasteiger partial charge in [0.2, 0.25) is 0 Å². The van der Waals surface area contributed by atoms with E-state index in [9.17, 15) is 18.4 Å². The number of fused-ring (bicyclic) bond motifs is 1. The summed E-state index contributed by atoms with van der Waals surface area (Å²) in [4.78, 5) is 28.8. The lowest BCUT2D eigenvalue weighted by Crippen LogP contribution is -2.54. The number of amides is 2. The molecule has 3 heterocycles.